The Balaban J connectivity index is 1.98. The molecule has 0 amide bonds. The van der Waals surface area contributed by atoms with Crippen LogP contribution in [0.3, 0.4) is 0 Å². The van der Waals surface area contributed by atoms with E-state index in [9.17, 15) is 8.42 Å². The SMILES string of the molecule is CCCNC(C)c1csc(NS(=O)(=O)N2CCOCC2)n1. The van der Waals surface area contributed by atoms with Gasteiger partial charge in [-0.25, -0.2) is 9.71 Å². The lowest BCUT2D eigenvalue weighted by molar-refractivity contribution is 0.0733. The Morgan fingerprint density at radius 1 is 1.48 bits per heavy atom. The summed E-state index contributed by atoms with van der Waals surface area (Å²) in [7, 11) is -3.53. The smallest absolute Gasteiger partial charge is 0.303 e. The summed E-state index contributed by atoms with van der Waals surface area (Å²) in [5.41, 5.74) is 0.855. The van der Waals surface area contributed by atoms with Gasteiger partial charge in [-0.2, -0.15) is 12.7 Å². The van der Waals surface area contributed by atoms with Crippen LogP contribution in [0.4, 0.5) is 5.13 Å². The van der Waals surface area contributed by atoms with E-state index in [1.54, 1.807) is 0 Å². The van der Waals surface area contributed by atoms with Crippen LogP contribution in [0, 0.1) is 0 Å². The molecule has 21 heavy (non-hydrogen) atoms. The number of hydrogen-bond donors (Lipinski definition) is 2. The molecular formula is C12H22N4O3S2. The van der Waals surface area contributed by atoms with Crippen molar-refractivity contribution >= 4 is 26.7 Å². The van der Waals surface area contributed by atoms with E-state index in [1.807, 2.05) is 12.3 Å². The van der Waals surface area contributed by atoms with Crippen molar-refractivity contribution in [1.29, 1.82) is 0 Å². The molecular weight excluding hydrogens is 312 g/mol. The summed E-state index contributed by atoms with van der Waals surface area (Å²) >= 11 is 1.30. The summed E-state index contributed by atoms with van der Waals surface area (Å²) in [6.07, 6.45) is 1.05. The average Bonchev–Trinajstić information content (AvgIpc) is 2.93. The van der Waals surface area contributed by atoms with Gasteiger partial charge in [0.05, 0.1) is 18.9 Å². The Bertz CT molecular complexity index is 540. The molecule has 9 heteroatoms. The van der Waals surface area contributed by atoms with E-state index < -0.39 is 10.2 Å². The molecule has 120 valence electrons. The molecule has 0 bridgehead atoms. The van der Waals surface area contributed by atoms with Crippen LogP contribution in [0.25, 0.3) is 0 Å². The maximum atomic E-state index is 12.2. The lowest BCUT2D eigenvalue weighted by atomic mass is 10.2. The van der Waals surface area contributed by atoms with Gasteiger partial charge < -0.3 is 10.1 Å². The van der Waals surface area contributed by atoms with Crippen molar-refractivity contribution in [1.82, 2.24) is 14.6 Å². The van der Waals surface area contributed by atoms with Gasteiger partial charge in [-0.05, 0) is 19.9 Å². The predicted octanol–water partition coefficient (Wildman–Crippen LogP) is 1.19. The number of nitrogens with zero attached hydrogens (tertiary/aromatic N) is 2. The lowest BCUT2D eigenvalue weighted by Gasteiger charge is -2.25. The highest BCUT2D eigenvalue weighted by atomic mass is 32.2. The second-order valence-corrected chi connectivity index (χ2v) is 7.40. The molecule has 1 unspecified atom stereocenters. The highest BCUT2D eigenvalue weighted by molar-refractivity contribution is 7.90. The zero-order chi connectivity index (χ0) is 15.3. The molecule has 1 aliphatic heterocycles. The molecule has 1 saturated heterocycles. The van der Waals surface area contributed by atoms with Gasteiger partial charge in [0.15, 0.2) is 5.13 Å². The Morgan fingerprint density at radius 2 is 2.19 bits per heavy atom. The number of ether oxygens (including phenoxy) is 1. The van der Waals surface area contributed by atoms with Gasteiger partial charge in [0.25, 0.3) is 0 Å². The average molecular weight is 334 g/mol. The van der Waals surface area contributed by atoms with Gasteiger partial charge in [0, 0.05) is 24.5 Å². The van der Waals surface area contributed by atoms with Crippen molar-refractivity contribution in [3.8, 4) is 0 Å². The summed E-state index contributed by atoms with van der Waals surface area (Å²) < 4.78 is 33.5. The number of rotatable bonds is 7. The summed E-state index contributed by atoms with van der Waals surface area (Å²) in [5.74, 6) is 0. The Labute approximate surface area is 129 Å². The van der Waals surface area contributed by atoms with E-state index in [-0.39, 0.29) is 6.04 Å². The van der Waals surface area contributed by atoms with Gasteiger partial charge in [0.1, 0.15) is 0 Å². The van der Waals surface area contributed by atoms with Crippen molar-refractivity contribution < 1.29 is 13.2 Å². The monoisotopic (exact) mass is 334 g/mol. The second-order valence-electron chi connectivity index (χ2n) is 4.87. The molecule has 1 aromatic heterocycles. The van der Waals surface area contributed by atoms with E-state index >= 15 is 0 Å². The van der Waals surface area contributed by atoms with E-state index in [1.165, 1.54) is 15.6 Å². The first-order valence-corrected chi connectivity index (χ1v) is 9.39. The van der Waals surface area contributed by atoms with E-state index in [0.29, 0.717) is 31.4 Å². The summed E-state index contributed by atoms with van der Waals surface area (Å²) in [5, 5.41) is 5.61. The maximum absolute atomic E-state index is 12.2. The van der Waals surface area contributed by atoms with Crippen molar-refractivity contribution in [2.75, 3.05) is 37.6 Å². The van der Waals surface area contributed by atoms with Gasteiger partial charge in [-0.1, -0.05) is 6.92 Å². The lowest BCUT2D eigenvalue weighted by Crippen LogP contribution is -2.43. The van der Waals surface area contributed by atoms with Crippen molar-refractivity contribution in [3.05, 3.63) is 11.1 Å². The molecule has 2 heterocycles. The van der Waals surface area contributed by atoms with Crippen LogP contribution >= 0.6 is 11.3 Å². The quantitative estimate of drug-likeness (QED) is 0.783. The van der Waals surface area contributed by atoms with Crippen LogP contribution in [0.5, 0.6) is 0 Å². The number of thiazole rings is 1. The topological polar surface area (TPSA) is 83.6 Å². The van der Waals surface area contributed by atoms with Crippen molar-refractivity contribution in [3.63, 3.8) is 0 Å². The van der Waals surface area contributed by atoms with Crippen LogP contribution < -0.4 is 10.0 Å². The highest BCUT2D eigenvalue weighted by Gasteiger charge is 2.25. The Morgan fingerprint density at radius 3 is 2.86 bits per heavy atom. The summed E-state index contributed by atoms with van der Waals surface area (Å²) in [4.78, 5) is 4.35. The fourth-order valence-electron chi connectivity index (χ4n) is 1.96. The Kier molecular flexibility index (Phi) is 5.94. The first-order chi connectivity index (χ1) is 10.0. The van der Waals surface area contributed by atoms with Crippen LogP contribution in [0.1, 0.15) is 32.0 Å². The fourth-order valence-corrected chi connectivity index (χ4v) is 4.14. The minimum Gasteiger partial charge on any atom is -0.379 e. The minimum absolute atomic E-state index is 0.114. The van der Waals surface area contributed by atoms with Crippen LogP contribution in [0.2, 0.25) is 0 Å². The minimum atomic E-state index is -3.53. The zero-order valence-electron chi connectivity index (χ0n) is 12.3. The number of hydrogen-bond acceptors (Lipinski definition) is 6. The summed E-state index contributed by atoms with van der Waals surface area (Å²) in [6.45, 7) is 6.65. The van der Waals surface area contributed by atoms with Crippen LogP contribution in [-0.2, 0) is 14.9 Å². The van der Waals surface area contributed by atoms with E-state index in [0.717, 1.165) is 18.7 Å². The highest BCUT2D eigenvalue weighted by Crippen LogP contribution is 2.22. The largest absolute Gasteiger partial charge is 0.379 e. The molecule has 2 N–H and O–H groups in total. The Hall–Kier alpha value is -0.740. The van der Waals surface area contributed by atoms with Gasteiger partial charge in [0.2, 0.25) is 0 Å². The third kappa shape index (κ3) is 4.62. The number of aromatic nitrogens is 1. The molecule has 1 aliphatic rings. The summed E-state index contributed by atoms with van der Waals surface area (Å²) in [6, 6.07) is 0.114. The third-order valence-electron chi connectivity index (χ3n) is 3.19. The van der Waals surface area contributed by atoms with E-state index in [4.69, 9.17) is 4.74 Å². The van der Waals surface area contributed by atoms with Gasteiger partial charge in [-0.3, -0.25) is 0 Å². The standard InChI is InChI=1S/C12H22N4O3S2/c1-3-4-13-10(2)11-9-20-12(14-11)15-21(17,18)16-5-7-19-8-6-16/h9-10,13H,3-8H2,1-2H3,(H,14,15). The fraction of sp³-hybridized carbons (Fsp3) is 0.750. The first-order valence-electron chi connectivity index (χ1n) is 7.07. The molecule has 7 nitrogen and oxygen atoms in total. The molecule has 0 aliphatic carbocycles. The second kappa shape index (κ2) is 7.50. The van der Waals surface area contributed by atoms with Crippen LogP contribution in [0.15, 0.2) is 5.38 Å². The first kappa shape index (κ1) is 16.6. The molecule has 1 aromatic rings. The molecule has 0 radical (unpaired) electrons. The molecule has 1 fully saturated rings. The maximum Gasteiger partial charge on any atom is 0.303 e. The van der Waals surface area contributed by atoms with Crippen molar-refractivity contribution in [2.24, 2.45) is 0 Å². The molecule has 0 saturated carbocycles. The van der Waals surface area contributed by atoms with Crippen LogP contribution in [-0.4, -0.2) is 50.6 Å². The number of anilines is 1. The molecule has 0 spiro atoms. The predicted molar refractivity (Wildman–Crippen MR) is 83.8 cm³/mol. The zero-order valence-corrected chi connectivity index (χ0v) is 14.0. The van der Waals surface area contributed by atoms with Crippen molar-refractivity contribution in [2.45, 2.75) is 26.3 Å². The normalized spacial score (nSPS) is 18.6. The van der Waals surface area contributed by atoms with Gasteiger partial charge in [-0.15, -0.1) is 11.3 Å². The van der Waals surface area contributed by atoms with Gasteiger partial charge >= 0.3 is 10.2 Å². The molecule has 1 atom stereocenters. The number of nitrogens with one attached hydrogen (secondary N) is 2. The van der Waals surface area contributed by atoms with E-state index in [2.05, 4.69) is 21.9 Å². The molecule has 0 aromatic carbocycles. The third-order valence-corrected chi connectivity index (χ3v) is 5.59. The molecule has 2 rings (SSSR count). The number of morpholine rings is 1.